The van der Waals surface area contributed by atoms with Crippen molar-refractivity contribution in [2.75, 3.05) is 11.4 Å². The molecule has 0 fully saturated rings. The number of anilines is 1. The van der Waals surface area contributed by atoms with Gasteiger partial charge in [0.2, 0.25) is 0 Å². The van der Waals surface area contributed by atoms with E-state index in [1.165, 1.54) is 5.56 Å². The van der Waals surface area contributed by atoms with E-state index in [4.69, 9.17) is 11.1 Å². The van der Waals surface area contributed by atoms with E-state index in [-0.39, 0.29) is 17.1 Å². The first-order chi connectivity index (χ1) is 10.1. The lowest BCUT2D eigenvalue weighted by atomic mass is 9.99. The lowest BCUT2D eigenvalue weighted by molar-refractivity contribution is 0.564. The highest BCUT2D eigenvalue weighted by Gasteiger charge is 2.22. The lowest BCUT2D eigenvalue weighted by Crippen LogP contribution is -2.32. The number of hydrogen-bond donors (Lipinski definition) is 2. The van der Waals surface area contributed by atoms with Gasteiger partial charge in [-0.3, -0.25) is 5.41 Å². The molecule has 5 heteroatoms. The third kappa shape index (κ3) is 2.46. The summed E-state index contributed by atoms with van der Waals surface area (Å²) in [6.45, 7) is 1.04. The molecular formula is C16H15F2N3. The minimum absolute atomic E-state index is 0.0468. The number of benzene rings is 2. The average molecular weight is 287 g/mol. The van der Waals surface area contributed by atoms with Crippen LogP contribution in [-0.4, -0.2) is 12.4 Å². The molecule has 2 aromatic rings. The Balaban J connectivity index is 1.97. The highest BCUT2D eigenvalue weighted by molar-refractivity contribution is 5.95. The van der Waals surface area contributed by atoms with Gasteiger partial charge in [-0.25, -0.2) is 8.78 Å². The Morgan fingerprint density at radius 2 is 1.71 bits per heavy atom. The van der Waals surface area contributed by atoms with Crippen molar-refractivity contribution in [3.63, 3.8) is 0 Å². The molecule has 1 aliphatic rings. The van der Waals surface area contributed by atoms with E-state index in [1.54, 1.807) is 4.90 Å². The molecule has 0 spiro atoms. The molecule has 108 valence electrons. The second kappa shape index (κ2) is 5.16. The van der Waals surface area contributed by atoms with Crippen LogP contribution in [0.15, 0.2) is 36.4 Å². The van der Waals surface area contributed by atoms with Crippen LogP contribution in [-0.2, 0) is 13.0 Å². The number of amidine groups is 1. The van der Waals surface area contributed by atoms with Gasteiger partial charge in [0.25, 0.3) is 0 Å². The molecule has 0 saturated carbocycles. The Kier molecular flexibility index (Phi) is 3.33. The van der Waals surface area contributed by atoms with Crippen molar-refractivity contribution in [2.45, 2.75) is 13.0 Å². The van der Waals surface area contributed by atoms with Crippen molar-refractivity contribution in [3.05, 3.63) is 64.7 Å². The monoisotopic (exact) mass is 287 g/mol. The van der Waals surface area contributed by atoms with Gasteiger partial charge in [0.1, 0.15) is 23.2 Å². The van der Waals surface area contributed by atoms with Gasteiger partial charge in [0.15, 0.2) is 0 Å². The van der Waals surface area contributed by atoms with Gasteiger partial charge in [-0.2, -0.15) is 0 Å². The van der Waals surface area contributed by atoms with Crippen LogP contribution in [0.2, 0.25) is 0 Å². The topological polar surface area (TPSA) is 53.1 Å². The predicted octanol–water partition coefficient (Wildman–Crippen LogP) is 2.81. The van der Waals surface area contributed by atoms with Crippen LogP contribution < -0.4 is 10.6 Å². The summed E-state index contributed by atoms with van der Waals surface area (Å²) < 4.78 is 28.4. The Morgan fingerprint density at radius 3 is 2.33 bits per heavy atom. The molecule has 1 aliphatic heterocycles. The summed E-state index contributed by atoms with van der Waals surface area (Å²) in [6.07, 6.45) is 0.753. The van der Waals surface area contributed by atoms with E-state index in [9.17, 15) is 8.78 Å². The fourth-order valence-corrected chi connectivity index (χ4v) is 2.71. The summed E-state index contributed by atoms with van der Waals surface area (Å²) in [5.74, 6) is -1.71. The molecule has 0 bridgehead atoms. The largest absolute Gasteiger partial charge is 0.384 e. The number of nitrogens with two attached hydrogens (primary N) is 1. The number of nitrogens with one attached hydrogen (secondary N) is 1. The standard InChI is InChI=1S/C16H15F2N3/c17-13-7-12(16(19)20)8-14(18)15(13)21-6-5-10-3-1-2-4-11(10)9-21/h1-4,7-8H,5-6,9H2,(H3,19,20). The summed E-state index contributed by atoms with van der Waals surface area (Å²) in [5.41, 5.74) is 7.59. The molecule has 0 saturated heterocycles. The maximum atomic E-state index is 14.2. The molecule has 1 heterocycles. The predicted molar refractivity (Wildman–Crippen MR) is 78.6 cm³/mol. The van der Waals surface area contributed by atoms with E-state index in [2.05, 4.69) is 0 Å². The van der Waals surface area contributed by atoms with Crippen molar-refractivity contribution in [3.8, 4) is 0 Å². The molecule has 0 amide bonds. The fraction of sp³-hybridized carbons (Fsp3) is 0.188. The summed E-state index contributed by atoms with van der Waals surface area (Å²) in [5, 5.41) is 7.27. The van der Waals surface area contributed by atoms with Crippen molar-refractivity contribution in [1.29, 1.82) is 5.41 Å². The smallest absolute Gasteiger partial charge is 0.150 e. The zero-order valence-corrected chi connectivity index (χ0v) is 11.4. The normalized spacial score (nSPS) is 13.9. The maximum absolute atomic E-state index is 14.2. The van der Waals surface area contributed by atoms with Crippen LogP contribution in [0.1, 0.15) is 16.7 Å². The molecule has 0 atom stereocenters. The van der Waals surface area contributed by atoms with Gasteiger partial charge < -0.3 is 10.6 Å². The Labute approximate surface area is 121 Å². The van der Waals surface area contributed by atoms with Gasteiger partial charge in [-0.05, 0) is 29.7 Å². The van der Waals surface area contributed by atoms with E-state index < -0.39 is 11.6 Å². The SMILES string of the molecule is N=C(N)c1cc(F)c(N2CCc3ccccc3C2)c(F)c1. The van der Waals surface area contributed by atoms with E-state index >= 15 is 0 Å². The second-order valence-electron chi connectivity index (χ2n) is 5.14. The van der Waals surface area contributed by atoms with Crippen LogP contribution >= 0.6 is 0 Å². The summed E-state index contributed by atoms with van der Waals surface area (Å²) >= 11 is 0. The van der Waals surface area contributed by atoms with E-state index in [0.29, 0.717) is 13.1 Å². The number of fused-ring (bicyclic) bond motifs is 1. The quantitative estimate of drug-likeness (QED) is 0.659. The van der Waals surface area contributed by atoms with Gasteiger partial charge in [-0.15, -0.1) is 0 Å². The van der Waals surface area contributed by atoms with Gasteiger partial charge in [0, 0.05) is 18.7 Å². The summed E-state index contributed by atoms with van der Waals surface area (Å²) in [7, 11) is 0. The first-order valence-electron chi connectivity index (χ1n) is 6.71. The van der Waals surface area contributed by atoms with Crippen LogP contribution in [0.5, 0.6) is 0 Å². The van der Waals surface area contributed by atoms with Crippen molar-refractivity contribution < 1.29 is 8.78 Å². The fourth-order valence-electron chi connectivity index (χ4n) is 2.71. The molecular weight excluding hydrogens is 272 g/mol. The lowest BCUT2D eigenvalue weighted by Gasteiger charge is -2.31. The van der Waals surface area contributed by atoms with Gasteiger partial charge >= 0.3 is 0 Å². The van der Waals surface area contributed by atoms with E-state index in [1.807, 2.05) is 24.3 Å². The van der Waals surface area contributed by atoms with Crippen molar-refractivity contribution in [2.24, 2.45) is 5.73 Å². The maximum Gasteiger partial charge on any atom is 0.150 e. The van der Waals surface area contributed by atoms with Crippen molar-refractivity contribution >= 4 is 11.5 Å². The molecule has 0 unspecified atom stereocenters. The van der Waals surface area contributed by atoms with Crippen LogP contribution in [0.4, 0.5) is 14.5 Å². The highest BCUT2D eigenvalue weighted by Crippen LogP contribution is 2.29. The molecule has 3 rings (SSSR count). The minimum atomic E-state index is -0.681. The molecule has 0 aromatic heterocycles. The Hall–Kier alpha value is -2.43. The highest BCUT2D eigenvalue weighted by atomic mass is 19.1. The van der Waals surface area contributed by atoms with Crippen LogP contribution in [0.25, 0.3) is 0 Å². The third-order valence-electron chi connectivity index (χ3n) is 3.77. The summed E-state index contributed by atoms with van der Waals surface area (Å²) in [4.78, 5) is 1.69. The second-order valence-corrected chi connectivity index (χ2v) is 5.14. The van der Waals surface area contributed by atoms with E-state index in [0.717, 1.165) is 24.1 Å². The zero-order valence-electron chi connectivity index (χ0n) is 11.4. The average Bonchev–Trinajstić information content (AvgIpc) is 2.46. The molecule has 0 aliphatic carbocycles. The third-order valence-corrected chi connectivity index (χ3v) is 3.77. The first-order valence-corrected chi connectivity index (χ1v) is 6.71. The van der Waals surface area contributed by atoms with Crippen molar-refractivity contribution in [1.82, 2.24) is 0 Å². The number of nitrogens with zero attached hydrogens (tertiary/aromatic N) is 1. The zero-order chi connectivity index (χ0) is 15.0. The number of halogens is 2. The van der Waals surface area contributed by atoms with Gasteiger partial charge in [0.05, 0.1) is 0 Å². The summed E-state index contributed by atoms with van der Waals surface area (Å²) in [6, 6.07) is 10.1. The molecule has 3 N–H and O–H groups in total. The molecule has 0 radical (unpaired) electrons. The number of nitrogen functional groups attached to an aromatic ring is 1. The van der Waals surface area contributed by atoms with Crippen LogP contribution in [0, 0.1) is 17.0 Å². The molecule has 2 aromatic carbocycles. The Bertz CT molecular complexity index is 689. The van der Waals surface area contributed by atoms with Crippen LogP contribution in [0.3, 0.4) is 0 Å². The minimum Gasteiger partial charge on any atom is -0.384 e. The molecule has 21 heavy (non-hydrogen) atoms. The Morgan fingerprint density at radius 1 is 1.10 bits per heavy atom. The first kappa shape index (κ1) is 13.5. The van der Waals surface area contributed by atoms with Gasteiger partial charge in [-0.1, -0.05) is 24.3 Å². The molecule has 3 nitrogen and oxygen atoms in total. The number of hydrogen-bond acceptors (Lipinski definition) is 2. The number of rotatable bonds is 2.